The van der Waals surface area contributed by atoms with E-state index < -0.39 is 9.73 Å². The zero-order valence-corrected chi connectivity index (χ0v) is 21.6. The summed E-state index contributed by atoms with van der Waals surface area (Å²) in [4.78, 5) is 19.8. The van der Waals surface area contributed by atoms with Crippen LogP contribution in [0.1, 0.15) is 30.0 Å². The first-order chi connectivity index (χ1) is 17.2. The molecule has 5 rings (SSSR count). The van der Waals surface area contributed by atoms with Gasteiger partial charge in [-0.15, -0.1) is 0 Å². The minimum Gasteiger partial charge on any atom is -0.324 e. The van der Waals surface area contributed by atoms with E-state index in [0.29, 0.717) is 28.5 Å². The molecule has 1 aromatic carbocycles. The molecule has 1 saturated carbocycles. The third-order valence-corrected chi connectivity index (χ3v) is 6.47. The molecular weight excluding hydrogens is 479 g/mol. The molecule has 0 atom stereocenters. The Balaban J connectivity index is 1.53. The van der Waals surface area contributed by atoms with Gasteiger partial charge in [0.1, 0.15) is 5.82 Å². The van der Waals surface area contributed by atoms with Crippen molar-refractivity contribution in [2.75, 3.05) is 38.5 Å². The predicted octanol–water partition coefficient (Wildman–Crippen LogP) is 4.43. The summed E-state index contributed by atoms with van der Waals surface area (Å²) < 4.78 is 33.5. The zero-order valence-electron chi connectivity index (χ0n) is 20.8. The van der Waals surface area contributed by atoms with E-state index in [0.717, 1.165) is 31.5 Å². The van der Waals surface area contributed by atoms with Gasteiger partial charge < -0.3 is 10.2 Å². The van der Waals surface area contributed by atoms with E-state index in [-0.39, 0.29) is 17.7 Å². The van der Waals surface area contributed by atoms with Gasteiger partial charge >= 0.3 is 0 Å². The summed E-state index contributed by atoms with van der Waals surface area (Å²) in [5.41, 5.74) is 3.02. The maximum atomic E-state index is 15.5. The number of likely N-dealkylation sites (N-methyl/N-ethyl adjacent to an activating group) is 1. The average molecular weight is 509 g/mol. The lowest BCUT2D eigenvalue weighted by Crippen LogP contribution is -2.14. The molecule has 188 valence electrons. The molecular formula is C25H29FN8OS. The van der Waals surface area contributed by atoms with Crippen molar-refractivity contribution in [2.24, 2.45) is 4.36 Å². The predicted molar refractivity (Wildman–Crippen MR) is 140 cm³/mol. The third kappa shape index (κ3) is 5.36. The standard InChI is InChI=1S/C25H29FN8OS/c1-33(2)14-12-16-5-9-18(10-6-16)29-24-28-15-19-21(26)22(17-7-8-17)34(23(19)31-24)20-11-13-27-25(30-20)32-36(3,4)35/h5-6,9-11,13,15,17H,7-8,12,14H2,1-4H3,(H,28,29,31). The summed E-state index contributed by atoms with van der Waals surface area (Å²) in [5.74, 6) is 0.624. The van der Waals surface area contributed by atoms with Crippen molar-refractivity contribution in [1.29, 1.82) is 0 Å². The highest BCUT2D eigenvalue weighted by Gasteiger charge is 2.34. The molecule has 36 heavy (non-hydrogen) atoms. The first kappa shape index (κ1) is 24.3. The molecule has 0 aliphatic heterocycles. The summed E-state index contributed by atoms with van der Waals surface area (Å²) >= 11 is 0. The van der Waals surface area contributed by atoms with Gasteiger partial charge in [0.05, 0.1) is 11.1 Å². The van der Waals surface area contributed by atoms with E-state index in [4.69, 9.17) is 0 Å². The van der Waals surface area contributed by atoms with Crippen molar-refractivity contribution in [1.82, 2.24) is 29.4 Å². The largest absolute Gasteiger partial charge is 0.324 e. The molecule has 1 aliphatic carbocycles. The van der Waals surface area contributed by atoms with Gasteiger partial charge in [-0.2, -0.15) is 14.3 Å². The normalized spacial score (nSPS) is 13.9. The van der Waals surface area contributed by atoms with Gasteiger partial charge in [0.2, 0.25) is 5.95 Å². The van der Waals surface area contributed by atoms with Crippen LogP contribution < -0.4 is 5.32 Å². The third-order valence-electron chi connectivity index (χ3n) is 5.86. The van der Waals surface area contributed by atoms with Crippen LogP contribution in [0.25, 0.3) is 16.9 Å². The van der Waals surface area contributed by atoms with E-state index in [1.807, 2.05) is 12.1 Å². The Morgan fingerprint density at radius 2 is 1.89 bits per heavy atom. The van der Waals surface area contributed by atoms with Crippen molar-refractivity contribution < 1.29 is 8.60 Å². The lowest BCUT2D eigenvalue weighted by molar-refractivity contribution is 0.413. The Labute approximate surface area is 210 Å². The molecule has 9 nitrogen and oxygen atoms in total. The summed E-state index contributed by atoms with van der Waals surface area (Å²) in [6, 6.07) is 9.79. The van der Waals surface area contributed by atoms with Gasteiger partial charge in [-0.3, -0.25) is 4.57 Å². The van der Waals surface area contributed by atoms with Crippen LogP contribution in [-0.2, 0) is 16.1 Å². The lowest BCUT2D eigenvalue weighted by atomic mass is 10.1. The number of rotatable bonds is 8. The van der Waals surface area contributed by atoms with Crippen LogP contribution in [0.4, 0.5) is 22.0 Å². The molecule has 11 heteroatoms. The number of fused-ring (bicyclic) bond motifs is 1. The second-order valence-corrected chi connectivity index (χ2v) is 12.1. The second-order valence-electron chi connectivity index (χ2n) is 9.60. The van der Waals surface area contributed by atoms with Crippen LogP contribution in [-0.4, -0.2) is 66.8 Å². The minimum atomic E-state index is -2.45. The minimum absolute atomic E-state index is 0.0854. The zero-order chi connectivity index (χ0) is 25.4. The highest BCUT2D eigenvalue weighted by atomic mass is 32.2. The Hall–Kier alpha value is -3.44. The number of benzene rings is 1. The van der Waals surface area contributed by atoms with Crippen molar-refractivity contribution in [3.8, 4) is 5.82 Å². The average Bonchev–Trinajstić information content (AvgIpc) is 3.61. The van der Waals surface area contributed by atoms with Crippen LogP contribution >= 0.6 is 0 Å². The molecule has 0 unspecified atom stereocenters. The number of aromatic nitrogens is 5. The van der Waals surface area contributed by atoms with Crippen LogP contribution in [0.3, 0.4) is 0 Å². The molecule has 1 fully saturated rings. The van der Waals surface area contributed by atoms with E-state index in [9.17, 15) is 4.21 Å². The maximum Gasteiger partial charge on any atom is 0.259 e. The molecule has 3 aromatic heterocycles. The molecule has 1 aliphatic rings. The molecule has 4 aromatic rings. The topological polar surface area (TPSA) is 101 Å². The quantitative estimate of drug-likeness (QED) is 0.376. The van der Waals surface area contributed by atoms with Crippen LogP contribution in [0.5, 0.6) is 0 Å². The maximum absolute atomic E-state index is 15.5. The molecule has 0 bridgehead atoms. The van der Waals surface area contributed by atoms with Gasteiger partial charge in [0.15, 0.2) is 11.5 Å². The number of anilines is 2. The number of hydrogen-bond donors (Lipinski definition) is 1. The van der Waals surface area contributed by atoms with Crippen LogP contribution in [0.15, 0.2) is 47.1 Å². The number of hydrogen-bond acceptors (Lipinski definition) is 8. The first-order valence-corrected chi connectivity index (χ1v) is 14.1. The SMILES string of the molecule is CN(C)CCc1ccc(Nc2ncc3c(F)c(C4CC4)n(-c4ccnc(N=S(C)(C)=O)n4)c3n2)cc1. The number of halogens is 1. The Morgan fingerprint density at radius 3 is 2.56 bits per heavy atom. The van der Waals surface area contributed by atoms with Crippen molar-refractivity contribution >= 4 is 38.3 Å². The highest BCUT2D eigenvalue weighted by Crippen LogP contribution is 2.45. The fraction of sp³-hybridized carbons (Fsp3) is 0.360. The van der Waals surface area contributed by atoms with Gasteiger partial charge in [-0.05, 0) is 57.1 Å². The molecule has 0 saturated heterocycles. The summed E-state index contributed by atoms with van der Waals surface area (Å²) in [7, 11) is 1.66. The van der Waals surface area contributed by atoms with E-state index in [1.165, 1.54) is 30.5 Å². The molecule has 3 heterocycles. The highest BCUT2D eigenvalue weighted by molar-refractivity contribution is 7.92. The Morgan fingerprint density at radius 1 is 1.14 bits per heavy atom. The summed E-state index contributed by atoms with van der Waals surface area (Å²) in [6.07, 6.45) is 8.82. The summed E-state index contributed by atoms with van der Waals surface area (Å²) in [5, 5.41) is 3.55. The fourth-order valence-corrected chi connectivity index (χ4v) is 4.48. The van der Waals surface area contributed by atoms with Crippen molar-refractivity contribution in [3.05, 3.63) is 59.8 Å². The molecule has 0 radical (unpaired) electrons. The first-order valence-electron chi connectivity index (χ1n) is 11.8. The van der Waals surface area contributed by atoms with Gasteiger partial charge in [-0.1, -0.05) is 12.1 Å². The smallest absolute Gasteiger partial charge is 0.259 e. The second kappa shape index (κ2) is 9.55. The van der Waals surface area contributed by atoms with Gasteiger partial charge in [-0.25, -0.2) is 18.6 Å². The van der Waals surface area contributed by atoms with E-state index in [1.54, 1.807) is 10.6 Å². The van der Waals surface area contributed by atoms with Gasteiger partial charge in [0, 0.05) is 52.8 Å². The molecule has 1 N–H and O–H groups in total. The van der Waals surface area contributed by atoms with Crippen LogP contribution in [0.2, 0.25) is 0 Å². The van der Waals surface area contributed by atoms with Gasteiger partial charge in [0.25, 0.3) is 5.95 Å². The number of nitrogens with zero attached hydrogens (tertiary/aromatic N) is 7. The Kier molecular flexibility index (Phi) is 6.44. The van der Waals surface area contributed by atoms with E-state index >= 15 is 4.39 Å². The fourth-order valence-electron chi connectivity index (χ4n) is 4.00. The van der Waals surface area contributed by atoms with Crippen molar-refractivity contribution in [3.63, 3.8) is 0 Å². The lowest BCUT2D eigenvalue weighted by Gasteiger charge is -2.11. The monoisotopic (exact) mass is 508 g/mol. The molecule has 0 spiro atoms. The van der Waals surface area contributed by atoms with E-state index in [2.05, 4.69) is 60.7 Å². The van der Waals surface area contributed by atoms with Crippen LogP contribution in [0, 0.1) is 5.82 Å². The number of nitrogens with one attached hydrogen (secondary N) is 1. The summed E-state index contributed by atoms with van der Waals surface area (Å²) in [6.45, 7) is 0.976. The molecule has 0 amide bonds. The van der Waals surface area contributed by atoms with Crippen molar-refractivity contribution in [2.45, 2.75) is 25.2 Å². The Bertz CT molecular complexity index is 1530.